The maximum Gasteiger partial charge on any atom is 0.122 e. The molecule has 84 valence electrons. The number of aryl methyl sites for hydroxylation is 2. The predicted octanol–water partition coefficient (Wildman–Crippen LogP) is 4.07. The Kier molecular flexibility index (Phi) is 3.78. The summed E-state index contributed by atoms with van der Waals surface area (Å²) in [6.45, 7) is 11.1. The topological polar surface area (TPSA) is 9.23 Å². The molecule has 0 aliphatic heterocycles. The normalized spacial score (nSPS) is 13.0. The first-order chi connectivity index (χ1) is 6.97. The largest absolute Gasteiger partial charge is 0.496 e. The van der Waals surface area contributed by atoms with E-state index in [1.54, 1.807) is 7.11 Å². The summed E-state index contributed by atoms with van der Waals surface area (Å²) < 4.78 is 5.32. The second-order valence-electron chi connectivity index (χ2n) is 4.71. The Balaban J connectivity index is 3.15. The van der Waals surface area contributed by atoms with Crippen molar-refractivity contribution in [1.82, 2.24) is 0 Å². The van der Waals surface area contributed by atoms with E-state index < -0.39 is 0 Å². The van der Waals surface area contributed by atoms with Gasteiger partial charge in [0.1, 0.15) is 5.75 Å². The third kappa shape index (κ3) is 2.53. The average Bonchev–Trinajstić information content (AvgIpc) is 2.19. The van der Waals surface area contributed by atoms with Gasteiger partial charge in [-0.2, -0.15) is 0 Å². The van der Waals surface area contributed by atoms with Crippen molar-refractivity contribution >= 4 is 0 Å². The van der Waals surface area contributed by atoms with Crippen LogP contribution in [0.25, 0.3) is 0 Å². The zero-order valence-electron chi connectivity index (χ0n) is 10.7. The number of ether oxygens (including phenoxy) is 1. The summed E-state index contributed by atoms with van der Waals surface area (Å²) in [6.07, 6.45) is 0. The summed E-state index contributed by atoms with van der Waals surface area (Å²) in [7, 11) is 1.73. The minimum Gasteiger partial charge on any atom is -0.496 e. The highest BCUT2D eigenvalue weighted by Crippen LogP contribution is 2.31. The molecule has 15 heavy (non-hydrogen) atoms. The molecule has 0 bridgehead atoms. The summed E-state index contributed by atoms with van der Waals surface area (Å²) >= 11 is 0. The zero-order chi connectivity index (χ0) is 11.6. The lowest BCUT2D eigenvalue weighted by atomic mass is 9.86. The molecule has 0 radical (unpaired) electrons. The fourth-order valence-corrected chi connectivity index (χ4v) is 1.88. The first-order valence-corrected chi connectivity index (χ1v) is 5.62. The maximum absolute atomic E-state index is 5.32. The van der Waals surface area contributed by atoms with Gasteiger partial charge in [0.05, 0.1) is 7.11 Å². The molecular weight excluding hydrogens is 184 g/mol. The van der Waals surface area contributed by atoms with E-state index in [0.29, 0.717) is 11.8 Å². The summed E-state index contributed by atoms with van der Waals surface area (Å²) in [5.74, 6) is 2.28. The van der Waals surface area contributed by atoms with E-state index in [1.807, 2.05) is 0 Å². The fraction of sp³-hybridized carbons (Fsp3) is 0.571. The van der Waals surface area contributed by atoms with Gasteiger partial charge >= 0.3 is 0 Å². The molecule has 0 amide bonds. The third-order valence-corrected chi connectivity index (χ3v) is 3.27. The van der Waals surface area contributed by atoms with Crippen LogP contribution in [0.15, 0.2) is 12.1 Å². The van der Waals surface area contributed by atoms with Gasteiger partial charge in [0.2, 0.25) is 0 Å². The van der Waals surface area contributed by atoms with E-state index >= 15 is 0 Å². The molecule has 1 atom stereocenters. The maximum atomic E-state index is 5.32. The lowest BCUT2D eigenvalue weighted by molar-refractivity contribution is 0.410. The van der Waals surface area contributed by atoms with Crippen LogP contribution in [0, 0.1) is 19.8 Å². The molecule has 0 aromatic heterocycles. The van der Waals surface area contributed by atoms with Gasteiger partial charge in [-0.3, -0.25) is 0 Å². The molecule has 1 unspecified atom stereocenters. The minimum atomic E-state index is 0.606. The number of hydrogen-bond acceptors (Lipinski definition) is 1. The smallest absolute Gasteiger partial charge is 0.122 e. The third-order valence-electron chi connectivity index (χ3n) is 3.27. The van der Waals surface area contributed by atoms with E-state index in [1.165, 1.54) is 16.7 Å². The molecule has 0 fully saturated rings. The number of rotatable bonds is 3. The van der Waals surface area contributed by atoms with Crippen molar-refractivity contribution in [3.05, 3.63) is 28.8 Å². The van der Waals surface area contributed by atoms with Crippen molar-refractivity contribution in [3.63, 3.8) is 0 Å². The molecule has 1 aromatic carbocycles. The Hall–Kier alpha value is -0.980. The van der Waals surface area contributed by atoms with Gasteiger partial charge in [0.25, 0.3) is 0 Å². The van der Waals surface area contributed by atoms with E-state index in [4.69, 9.17) is 4.74 Å². The van der Waals surface area contributed by atoms with Crippen molar-refractivity contribution in [2.45, 2.75) is 40.5 Å². The SMILES string of the molecule is COc1cc(C)c(C(C)C(C)C)cc1C. The molecule has 0 heterocycles. The van der Waals surface area contributed by atoms with E-state index in [9.17, 15) is 0 Å². The van der Waals surface area contributed by atoms with Gasteiger partial charge in [-0.25, -0.2) is 0 Å². The molecule has 0 aliphatic rings. The van der Waals surface area contributed by atoms with Crippen LogP contribution in [0.2, 0.25) is 0 Å². The van der Waals surface area contributed by atoms with Gasteiger partial charge in [0, 0.05) is 0 Å². The van der Waals surface area contributed by atoms with Crippen molar-refractivity contribution in [1.29, 1.82) is 0 Å². The summed E-state index contributed by atoms with van der Waals surface area (Å²) in [6, 6.07) is 4.41. The van der Waals surface area contributed by atoms with Gasteiger partial charge in [0.15, 0.2) is 0 Å². The molecule has 1 aromatic rings. The average molecular weight is 206 g/mol. The highest BCUT2D eigenvalue weighted by Gasteiger charge is 2.14. The van der Waals surface area contributed by atoms with Crippen LogP contribution in [-0.2, 0) is 0 Å². The Bertz CT molecular complexity index is 339. The number of hydrogen-bond donors (Lipinski definition) is 0. The fourth-order valence-electron chi connectivity index (χ4n) is 1.88. The molecule has 0 saturated carbocycles. The van der Waals surface area contributed by atoms with E-state index in [2.05, 4.69) is 46.8 Å². The van der Waals surface area contributed by atoms with Gasteiger partial charge in [-0.05, 0) is 48.4 Å². The van der Waals surface area contributed by atoms with Gasteiger partial charge in [-0.1, -0.05) is 26.8 Å². The van der Waals surface area contributed by atoms with Crippen LogP contribution in [0.3, 0.4) is 0 Å². The standard InChI is InChI=1S/C14H22O/c1-9(2)12(5)13-7-11(4)14(15-6)8-10(13)3/h7-9,12H,1-6H3. The zero-order valence-corrected chi connectivity index (χ0v) is 10.7. The Morgan fingerprint density at radius 1 is 1.00 bits per heavy atom. The number of benzene rings is 1. The first-order valence-electron chi connectivity index (χ1n) is 5.62. The Labute approximate surface area is 93.5 Å². The second kappa shape index (κ2) is 4.69. The molecule has 0 saturated heterocycles. The highest BCUT2D eigenvalue weighted by molar-refractivity contribution is 5.42. The number of methoxy groups -OCH3 is 1. The molecule has 1 heteroatoms. The molecule has 0 aliphatic carbocycles. The lowest BCUT2D eigenvalue weighted by Gasteiger charge is -2.20. The van der Waals surface area contributed by atoms with Gasteiger partial charge in [-0.15, -0.1) is 0 Å². The molecule has 1 rings (SSSR count). The van der Waals surface area contributed by atoms with Crippen LogP contribution in [0.5, 0.6) is 5.75 Å². The molecule has 0 spiro atoms. The molecular formula is C14H22O. The molecule has 0 N–H and O–H groups in total. The van der Waals surface area contributed by atoms with Crippen LogP contribution < -0.4 is 4.74 Å². The summed E-state index contributed by atoms with van der Waals surface area (Å²) in [5, 5.41) is 0. The second-order valence-corrected chi connectivity index (χ2v) is 4.71. The molecule has 1 nitrogen and oxygen atoms in total. The van der Waals surface area contributed by atoms with E-state index in [0.717, 1.165) is 5.75 Å². The summed E-state index contributed by atoms with van der Waals surface area (Å²) in [4.78, 5) is 0. The highest BCUT2D eigenvalue weighted by atomic mass is 16.5. The predicted molar refractivity (Wildman–Crippen MR) is 65.7 cm³/mol. The van der Waals surface area contributed by atoms with Crippen molar-refractivity contribution in [2.75, 3.05) is 7.11 Å². The van der Waals surface area contributed by atoms with Crippen LogP contribution >= 0.6 is 0 Å². The van der Waals surface area contributed by atoms with Crippen LogP contribution in [0.4, 0.5) is 0 Å². The minimum absolute atomic E-state index is 0.606. The monoisotopic (exact) mass is 206 g/mol. The Morgan fingerprint density at radius 3 is 2.07 bits per heavy atom. The van der Waals surface area contributed by atoms with Crippen LogP contribution in [0.1, 0.15) is 43.4 Å². The van der Waals surface area contributed by atoms with Gasteiger partial charge < -0.3 is 4.74 Å². The first kappa shape index (κ1) is 12.1. The Morgan fingerprint density at radius 2 is 1.60 bits per heavy atom. The lowest BCUT2D eigenvalue weighted by Crippen LogP contribution is -2.05. The summed E-state index contributed by atoms with van der Waals surface area (Å²) in [5.41, 5.74) is 4.01. The quantitative estimate of drug-likeness (QED) is 0.724. The van der Waals surface area contributed by atoms with Crippen LogP contribution in [-0.4, -0.2) is 7.11 Å². The van der Waals surface area contributed by atoms with Crippen molar-refractivity contribution in [3.8, 4) is 5.75 Å². The van der Waals surface area contributed by atoms with Crippen molar-refractivity contribution in [2.24, 2.45) is 5.92 Å². The van der Waals surface area contributed by atoms with E-state index in [-0.39, 0.29) is 0 Å². The van der Waals surface area contributed by atoms with Crippen molar-refractivity contribution < 1.29 is 4.74 Å².